The molecule has 16 unspecified atom stereocenters. The number of nitrogens with two attached hydrogens (primary N) is 5. The van der Waals surface area contributed by atoms with E-state index in [0.29, 0.717) is 6.92 Å². The van der Waals surface area contributed by atoms with Crippen LogP contribution in [0.1, 0.15) is 345 Å². The number of rotatable bonds is 20. The Morgan fingerprint density at radius 2 is 0.574 bits per heavy atom. The van der Waals surface area contributed by atoms with Crippen LogP contribution < -0.4 is 81.8 Å². The SMILES string of the molecule is [2H]C([2H])C1C([2H])([2H])C([2H])([2H])C([2H])(Nc2nc(NC(C)(C)C)ncc2C(N)=O)C([2H])([2H])C1([2H])O.[2H]C1([2H])C(C)C([2H])(O)C([2H])([2H])C([2H])(Nc2nc(NC(C)(C)C)ncc2C(N)=O)C1([2H])[2H].[2H]C1([2H])C([2H])([2H])C([2H])(Nc2nc(NC(C)(C)C)ncc2C(N)=O)C([2H])([2H])C([2H])(O)C1([2H])C.[2H]C1C(C)C([2H])(O)C([2H])([2H])C([2H])(Nc2nc(NC(C)(C)C)ncc2C(N)=O)C1([2H])[2H].[2H]CC1C([2H])([2H])C([2H])([2H])C([2H])(Nc2nc(NC(C)(C)C)ncc2C(N)=O)C([2H])([2H])C1([2H])O. The summed E-state index contributed by atoms with van der Waals surface area (Å²) in [5.74, 6) is -19.5. The summed E-state index contributed by atoms with van der Waals surface area (Å²) in [6.07, 6.45) is -60.7. The highest BCUT2D eigenvalue weighted by atomic mass is 16.3. The van der Waals surface area contributed by atoms with Crippen LogP contribution in [-0.4, -0.2) is 193 Å². The predicted octanol–water partition coefficient (Wildman–Crippen LogP) is 8.74. The molecule has 640 valence electrons. The summed E-state index contributed by atoms with van der Waals surface area (Å²) in [4.78, 5) is 99.0. The molecule has 25 N–H and O–H groups in total. The predicted molar refractivity (Wildman–Crippen MR) is 452 cm³/mol. The molecule has 5 aromatic rings. The zero-order valence-electron chi connectivity index (χ0n) is 110. The Morgan fingerprint density at radius 1 is 0.348 bits per heavy atom. The van der Waals surface area contributed by atoms with E-state index < -0.39 is 308 Å². The number of primary amides is 5. The molecule has 5 fully saturated rings. The minimum Gasteiger partial charge on any atom is -0.393 e. The number of hydrogen-bond donors (Lipinski definition) is 20. The van der Waals surface area contributed by atoms with E-state index in [9.17, 15) is 49.5 Å². The number of nitrogens with zero attached hydrogens (tertiary/aromatic N) is 10. The fraction of sp³-hybridized carbons (Fsp3) is 0.688. The average molecular weight is 1650 g/mol. The van der Waals surface area contributed by atoms with Crippen LogP contribution in [0.5, 0.6) is 0 Å². The second-order valence-electron chi connectivity index (χ2n) is 30.5. The van der Waals surface area contributed by atoms with Gasteiger partial charge >= 0.3 is 0 Å². The molecule has 5 heterocycles. The van der Waals surface area contributed by atoms with Gasteiger partial charge in [0.25, 0.3) is 29.5 Å². The van der Waals surface area contributed by atoms with Gasteiger partial charge in [-0.25, -0.2) is 24.9 Å². The monoisotopic (exact) mass is 1650 g/mol. The topological polar surface area (TPSA) is 566 Å². The van der Waals surface area contributed by atoms with Gasteiger partial charge in [-0.05, 0) is 229 Å². The fourth-order valence-electron chi connectivity index (χ4n) is 8.64. The van der Waals surface area contributed by atoms with E-state index in [4.69, 9.17) is 87.6 Å². The molecule has 0 saturated heterocycles. The number of anilines is 10. The molecule has 16 atom stereocenters. The van der Waals surface area contributed by atoms with Gasteiger partial charge in [0.15, 0.2) is 0 Å². The Kier molecular flexibility index (Phi) is 17.4. The van der Waals surface area contributed by atoms with Crippen molar-refractivity contribution in [1.29, 1.82) is 0 Å². The first-order valence-electron chi connectivity index (χ1n) is 56.9. The van der Waals surface area contributed by atoms with E-state index >= 15 is 0 Å². The van der Waals surface area contributed by atoms with Crippen molar-refractivity contribution in [3.63, 3.8) is 0 Å². The molecule has 5 aromatic heterocycles. The maximum atomic E-state index is 11.9. The van der Waals surface area contributed by atoms with Crippen LogP contribution in [0.15, 0.2) is 31.0 Å². The summed E-state index contributed by atoms with van der Waals surface area (Å²) in [7, 11) is 0. The first-order valence-corrected chi connectivity index (χ1v) is 35.0. The third-order valence-corrected chi connectivity index (χ3v) is 14.0. The second kappa shape index (κ2) is 40.9. The normalized spacial score (nSPS) is 44.3. The van der Waals surface area contributed by atoms with Crippen molar-refractivity contribution in [2.24, 2.45) is 58.2 Å². The maximum Gasteiger partial charge on any atom is 0.254 e. The van der Waals surface area contributed by atoms with Crippen molar-refractivity contribution in [3.8, 4) is 0 Å². The summed E-state index contributed by atoms with van der Waals surface area (Å²) in [5, 5.41) is 77.9. The molecular formula is C80H135N25O10. The van der Waals surface area contributed by atoms with E-state index in [1.54, 1.807) is 83.1 Å². The first-order chi connectivity index (χ1) is 69.6. The van der Waals surface area contributed by atoms with Gasteiger partial charge in [0.05, 0.1) is 71.9 Å². The molecule has 0 aromatic carbocycles. The number of carbonyl (C=O) groups excluding carboxylic acids is 5. The van der Waals surface area contributed by atoms with Crippen molar-refractivity contribution in [2.75, 3.05) is 53.2 Å². The van der Waals surface area contributed by atoms with Gasteiger partial charge in [0.1, 0.15) is 29.1 Å². The zero-order valence-corrected chi connectivity index (χ0v) is 66.7. The van der Waals surface area contributed by atoms with E-state index in [0.717, 1.165) is 37.9 Å². The molecule has 0 aliphatic heterocycles. The van der Waals surface area contributed by atoms with Crippen LogP contribution in [0.3, 0.4) is 0 Å². The minimum absolute atomic E-state index is 0.00698. The summed E-state index contributed by atoms with van der Waals surface area (Å²) < 4.78 is 354. The third-order valence-electron chi connectivity index (χ3n) is 14.0. The minimum atomic E-state index is -3.63. The number of aromatic nitrogens is 10. The Bertz CT molecular complexity index is 6070. The summed E-state index contributed by atoms with van der Waals surface area (Å²) >= 11 is 0. The van der Waals surface area contributed by atoms with Gasteiger partial charge in [0.2, 0.25) is 29.7 Å². The van der Waals surface area contributed by atoms with Crippen molar-refractivity contribution in [3.05, 3.63) is 58.8 Å². The molecule has 5 aliphatic carbocycles. The summed E-state index contributed by atoms with van der Waals surface area (Å²) in [6.45, 7) is 26.1. The Hall–Kier alpha value is -9.45. The molecule has 115 heavy (non-hydrogen) atoms. The van der Waals surface area contributed by atoms with Gasteiger partial charge in [0, 0.05) is 134 Å². The Balaban J connectivity index is 0.000000300. The fourth-order valence-corrected chi connectivity index (χ4v) is 8.64. The molecule has 35 heteroatoms. The number of aliphatic hydroxyl groups is 5. The lowest BCUT2D eigenvalue weighted by Gasteiger charge is -2.32. The molecule has 5 saturated carbocycles. The smallest absolute Gasteiger partial charge is 0.254 e. The number of amides is 5. The van der Waals surface area contributed by atoms with Gasteiger partial charge < -0.3 is 107 Å². The van der Waals surface area contributed by atoms with Crippen LogP contribution in [0.4, 0.5) is 58.8 Å². The molecule has 35 nitrogen and oxygen atoms in total. The van der Waals surface area contributed by atoms with Crippen LogP contribution >= 0.6 is 0 Å². The lowest BCUT2D eigenvalue weighted by atomic mass is 9.85. The van der Waals surface area contributed by atoms with Crippen molar-refractivity contribution in [2.45, 2.75) is 322 Å². The average Bonchev–Trinajstić information content (AvgIpc) is 0.659. The molecular weight excluding hydrogens is 1470 g/mol. The second-order valence-corrected chi connectivity index (χ2v) is 30.5. The highest BCUT2D eigenvalue weighted by Gasteiger charge is 2.34. The van der Waals surface area contributed by atoms with Crippen LogP contribution in [0.2, 0.25) is 0 Å². The van der Waals surface area contributed by atoms with Crippen LogP contribution in [0.25, 0.3) is 0 Å². The molecule has 0 spiro atoms. The maximum absolute atomic E-state index is 11.9. The van der Waals surface area contributed by atoms with E-state index in [1.807, 2.05) is 20.8 Å². The largest absolute Gasteiger partial charge is 0.393 e. The van der Waals surface area contributed by atoms with Crippen molar-refractivity contribution >= 4 is 88.4 Å². The van der Waals surface area contributed by atoms with Gasteiger partial charge in [-0.3, -0.25) is 24.0 Å². The third kappa shape index (κ3) is 31.9. The molecule has 5 aliphatic rings. The first kappa shape index (κ1) is 48.9. The number of nitrogens with one attached hydrogen (secondary N) is 10. The summed E-state index contributed by atoms with van der Waals surface area (Å²) in [5.41, 5.74) is 21.7. The van der Waals surface area contributed by atoms with Crippen LogP contribution in [-0.2, 0) is 0 Å². The lowest BCUT2D eigenvalue weighted by Crippen LogP contribution is -2.36. The highest BCUT2D eigenvalue weighted by Crippen LogP contribution is 2.34. The van der Waals surface area contributed by atoms with Gasteiger partial charge in [-0.15, -0.1) is 0 Å². The molecule has 5 amide bonds. The standard InChI is InChI=1S/5C16H27N5O2/c5*1-9-5-6-10(7-12(9)22)19-14-11(13(17)23)8-18-15(20-14)21-16(2,3)4/h5*8-10,12,22H,5-7H2,1-4H3,(H2,17,23)(H2,18,19,20,21)/i5D2,6D2,7D2,9D,10D,12D;1D2,5D2,6D2,7D2,10D,12D;1D,5D2,6D2,7D2,10D,12D;5D2,6D2,7D2,10D,12D;5D,6D2,7D2,10D,12D. The quantitative estimate of drug-likeness (QED) is 0.0346. The molecule has 0 radical (unpaired) electrons. The molecule has 0 bridgehead atoms. The number of carbonyl (C=O) groups is 5. The lowest BCUT2D eigenvalue weighted by molar-refractivity contribution is 0.0737. The Morgan fingerprint density at radius 3 is 0.835 bits per heavy atom. The van der Waals surface area contributed by atoms with Crippen LogP contribution in [0, 0.1) is 29.6 Å². The Labute approximate surface area is 738 Å². The van der Waals surface area contributed by atoms with Crippen molar-refractivity contribution < 1.29 is 108 Å². The van der Waals surface area contributed by atoms with E-state index in [1.165, 1.54) is 6.92 Å². The van der Waals surface area contributed by atoms with Gasteiger partial charge in [-0.2, -0.15) is 24.9 Å². The highest BCUT2D eigenvalue weighted by molar-refractivity contribution is 6.00. The van der Waals surface area contributed by atoms with E-state index in [-0.39, 0.29) is 35.3 Å². The zero-order chi connectivity index (χ0) is 124. The molecule has 10 rings (SSSR count). The van der Waals surface area contributed by atoms with E-state index in [2.05, 4.69) is 103 Å². The van der Waals surface area contributed by atoms with Gasteiger partial charge in [-0.1, -0.05) is 34.5 Å². The summed E-state index contributed by atoms with van der Waals surface area (Å²) in [6, 6.07) is -16.7. The number of hydrogen-bond acceptors (Lipinski definition) is 30. The van der Waals surface area contributed by atoms with Crippen molar-refractivity contribution in [1.82, 2.24) is 49.8 Å².